The summed E-state index contributed by atoms with van der Waals surface area (Å²) >= 11 is 0. The number of nitrogens with zero attached hydrogens (tertiary/aromatic N) is 1. The first-order valence-electron chi connectivity index (χ1n) is 9.82. The zero-order valence-corrected chi connectivity index (χ0v) is 16.4. The lowest BCUT2D eigenvalue weighted by molar-refractivity contribution is -0.199. The van der Waals surface area contributed by atoms with Crippen molar-refractivity contribution in [3.63, 3.8) is 0 Å². The van der Waals surface area contributed by atoms with Crippen LogP contribution in [0.4, 0.5) is 0 Å². The van der Waals surface area contributed by atoms with Gasteiger partial charge < -0.3 is 19.5 Å². The summed E-state index contributed by atoms with van der Waals surface area (Å²) in [4.78, 5) is 14.8. The third kappa shape index (κ3) is 3.09. The van der Waals surface area contributed by atoms with Crippen LogP contribution < -0.4 is 4.74 Å². The van der Waals surface area contributed by atoms with Crippen LogP contribution in [0.1, 0.15) is 29.6 Å². The second kappa shape index (κ2) is 7.57. The number of amides is 1. The van der Waals surface area contributed by atoms with Gasteiger partial charge in [0, 0.05) is 43.2 Å². The third-order valence-corrected chi connectivity index (χ3v) is 6.56. The third-order valence-electron chi connectivity index (χ3n) is 6.56. The fourth-order valence-electron chi connectivity index (χ4n) is 4.70. The number of benzene rings is 2. The van der Waals surface area contributed by atoms with Gasteiger partial charge in [-0.3, -0.25) is 4.79 Å². The number of carbonyl (C=O) groups excluding carboxylic acids is 1. The average Bonchev–Trinajstić information content (AvgIpc) is 2.77. The Bertz CT molecular complexity index is 840. The van der Waals surface area contributed by atoms with E-state index in [-0.39, 0.29) is 23.5 Å². The van der Waals surface area contributed by atoms with Crippen molar-refractivity contribution in [1.82, 2.24) is 4.90 Å². The number of hydrogen-bond donors (Lipinski definition) is 1. The molecule has 148 valence electrons. The topological polar surface area (TPSA) is 59.0 Å². The zero-order valence-electron chi connectivity index (χ0n) is 16.4. The lowest BCUT2D eigenvalue weighted by atomic mass is 9.58. The SMILES string of the molecule is COc1ccccc1-c1ccc(C(=O)N2CCC3(CC2)[C@H](O)C[C@@H]3OC)cc1. The van der Waals surface area contributed by atoms with Gasteiger partial charge in [0.2, 0.25) is 0 Å². The molecule has 4 rings (SSSR count). The van der Waals surface area contributed by atoms with Crippen molar-refractivity contribution in [2.45, 2.75) is 31.5 Å². The summed E-state index contributed by atoms with van der Waals surface area (Å²) in [6, 6.07) is 15.5. The minimum absolute atomic E-state index is 0.0456. The second-order valence-electron chi connectivity index (χ2n) is 7.78. The molecule has 1 amide bonds. The van der Waals surface area contributed by atoms with Crippen molar-refractivity contribution in [1.29, 1.82) is 0 Å². The number of para-hydroxylation sites is 1. The summed E-state index contributed by atoms with van der Waals surface area (Å²) in [5.41, 5.74) is 2.55. The van der Waals surface area contributed by atoms with E-state index in [2.05, 4.69) is 0 Å². The standard InChI is InChI=1S/C23H27NO4/c1-27-19-6-4-3-5-18(19)16-7-9-17(10-8-16)22(26)24-13-11-23(12-14-24)20(25)15-21(23)28-2/h3-10,20-21,25H,11-15H2,1-2H3/t20-,21+/m1/s1. The maximum Gasteiger partial charge on any atom is 0.253 e. The van der Waals surface area contributed by atoms with Crippen LogP contribution in [-0.2, 0) is 4.74 Å². The Morgan fingerprint density at radius 1 is 1.07 bits per heavy atom. The number of aliphatic hydroxyl groups excluding tert-OH is 1. The first-order chi connectivity index (χ1) is 13.6. The molecule has 2 aromatic rings. The molecule has 0 radical (unpaired) electrons. The average molecular weight is 381 g/mol. The van der Waals surface area contributed by atoms with E-state index >= 15 is 0 Å². The molecule has 2 aromatic carbocycles. The van der Waals surface area contributed by atoms with Crippen molar-refractivity contribution in [2.75, 3.05) is 27.3 Å². The molecule has 2 fully saturated rings. The quantitative estimate of drug-likeness (QED) is 0.882. The number of ether oxygens (including phenoxy) is 2. The molecule has 2 atom stereocenters. The molecule has 1 aliphatic heterocycles. The fraction of sp³-hybridized carbons (Fsp3) is 0.435. The van der Waals surface area contributed by atoms with E-state index in [0.717, 1.165) is 29.7 Å². The predicted octanol–water partition coefficient (Wildman–Crippen LogP) is 3.36. The van der Waals surface area contributed by atoms with Crippen molar-refractivity contribution in [3.05, 3.63) is 54.1 Å². The highest BCUT2D eigenvalue weighted by Gasteiger charge is 2.56. The highest BCUT2D eigenvalue weighted by molar-refractivity contribution is 5.95. The number of likely N-dealkylation sites (tertiary alicyclic amines) is 1. The lowest BCUT2D eigenvalue weighted by Crippen LogP contribution is -2.62. The molecule has 0 aromatic heterocycles. The van der Waals surface area contributed by atoms with E-state index in [1.807, 2.05) is 53.4 Å². The Morgan fingerprint density at radius 3 is 2.36 bits per heavy atom. The number of aliphatic hydroxyl groups is 1. The lowest BCUT2D eigenvalue weighted by Gasteiger charge is -2.56. The molecule has 1 saturated heterocycles. The normalized spacial score (nSPS) is 23.3. The van der Waals surface area contributed by atoms with Crippen LogP contribution in [0.3, 0.4) is 0 Å². The first kappa shape index (κ1) is 19.0. The van der Waals surface area contributed by atoms with E-state index in [1.165, 1.54) is 0 Å². The highest BCUT2D eigenvalue weighted by Crippen LogP contribution is 2.50. The summed E-state index contributed by atoms with van der Waals surface area (Å²) in [5, 5.41) is 10.3. The number of carbonyl (C=O) groups is 1. The van der Waals surface area contributed by atoms with E-state index in [4.69, 9.17) is 9.47 Å². The highest BCUT2D eigenvalue weighted by atomic mass is 16.5. The van der Waals surface area contributed by atoms with Gasteiger partial charge in [-0.2, -0.15) is 0 Å². The molecular formula is C23H27NO4. The van der Waals surface area contributed by atoms with Gasteiger partial charge in [0.25, 0.3) is 5.91 Å². The van der Waals surface area contributed by atoms with Crippen LogP contribution in [0, 0.1) is 5.41 Å². The molecule has 0 unspecified atom stereocenters. The van der Waals surface area contributed by atoms with Crippen LogP contribution in [0.2, 0.25) is 0 Å². The molecule has 5 heteroatoms. The molecule has 28 heavy (non-hydrogen) atoms. The summed E-state index contributed by atoms with van der Waals surface area (Å²) in [6.45, 7) is 1.31. The molecular weight excluding hydrogens is 354 g/mol. The Hall–Kier alpha value is -2.37. The van der Waals surface area contributed by atoms with Gasteiger partial charge in [-0.15, -0.1) is 0 Å². The minimum Gasteiger partial charge on any atom is -0.496 e. The predicted molar refractivity (Wildman–Crippen MR) is 107 cm³/mol. The summed E-state index contributed by atoms with van der Waals surface area (Å²) in [5.74, 6) is 0.860. The summed E-state index contributed by atoms with van der Waals surface area (Å²) in [6.07, 6.45) is 2.08. The van der Waals surface area contributed by atoms with Crippen molar-refractivity contribution in [2.24, 2.45) is 5.41 Å². The smallest absolute Gasteiger partial charge is 0.253 e. The van der Waals surface area contributed by atoms with Gasteiger partial charge in [-0.25, -0.2) is 0 Å². The summed E-state index contributed by atoms with van der Waals surface area (Å²) < 4.78 is 11.0. The number of methoxy groups -OCH3 is 2. The Morgan fingerprint density at radius 2 is 1.75 bits per heavy atom. The van der Waals surface area contributed by atoms with Crippen molar-refractivity contribution < 1.29 is 19.4 Å². The molecule has 1 heterocycles. The summed E-state index contributed by atoms with van der Waals surface area (Å²) in [7, 11) is 3.37. The van der Waals surface area contributed by atoms with Crippen LogP contribution >= 0.6 is 0 Å². The minimum atomic E-state index is -0.310. The molecule has 2 aliphatic rings. The van der Waals surface area contributed by atoms with E-state index in [9.17, 15) is 9.90 Å². The van der Waals surface area contributed by atoms with Crippen LogP contribution in [0.5, 0.6) is 5.75 Å². The molecule has 1 aliphatic carbocycles. The Labute approximate surface area is 165 Å². The van der Waals surface area contributed by atoms with E-state index in [1.54, 1.807) is 14.2 Å². The number of hydrogen-bond acceptors (Lipinski definition) is 4. The molecule has 1 saturated carbocycles. The largest absolute Gasteiger partial charge is 0.496 e. The van der Waals surface area contributed by atoms with Gasteiger partial charge >= 0.3 is 0 Å². The van der Waals surface area contributed by atoms with Crippen LogP contribution in [-0.4, -0.2) is 55.4 Å². The van der Waals surface area contributed by atoms with Gasteiger partial charge in [0.1, 0.15) is 5.75 Å². The zero-order chi connectivity index (χ0) is 19.7. The Kier molecular flexibility index (Phi) is 5.13. The molecule has 5 nitrogen and oxygen atoms in total. The van der Waals surface area contributed by atoms with Crippen LogP contribution in [0.25, 0.3) is 11.1 Å². The molecule has 1 spiro atoms. The van der Waals surface area contributed by atoms with Gasteiger partial charge in [0.15, 0.2) is 0 Å². The van der Waals surface area contributed by atoms with Crippen molar-refractivity contribution >= 4 is 5.91 Å². The fourth-order valence-corrected chi connectivity index (χ4v) is 4.70. The molecule has 1 N–H and O–H groups in total. The Balaban J connectivity index is 1.45. The van der Waals surface area contributed by atoms with Gasteiger partial charge in [-0.05, 0) is 36.6 Å². The monoisotopic (exact) mass is 381 g/mol. The molecule has 0 bridgehead atoms. The van der Waals surface area contributed by atoms with Crippen molar-refractivity contribution in [3.8, 4) is 16.9 Å². The number of rotatable bonds is 4. The maximum atomic E-state index is 12.9. The van der Waals surface area contributed by atoms with Crippen LogP contribution in [0.15, 0.2) is 48.5 Å². The van der Waals surface area contributed by atoms with E-state index in [0.29, 0.717) is 25.1 Å². The van der Waals surface area contributed by atoms with Gasteiger partial charge in [-0.1, -0.05) is 30.3 Å². The number of piperidine rings is 1. The van der Waals surface area contributed by atoms with E-state index < -0.39 is 0 Å². The van der Waals surface area contributed by atoms with Gasteiger partial charge in [0.05, 0.1) is 19.3 Å². The maximum absolute atomic E-state index is 12.9. The first-order valence-corrected chi connectivity index (χ1v) is 9.82. The second-order valence-corrected chi connectivity index (χ2v) is 7.78.